The topological polar surface area (TPSA) is 56.2 Å². The lowest BCUT2D eigenvalue weighted by molar-refractivity contribution is -0.0501. The van der Waals surface area contributed by atoms with E-state index in [0.29, 0.717) is 33.7 Å². The summed E-state index contributed by atoms with van der Waals surface area (Å²) in [5.74, 6) is -0.764. The number of nitrogens with zero attached hydrogens (tertiary/aromatic N) is 2. The van der Waals surface area contributed by atoms with Crippen LogP contribution in [0.2, 0.25) is 10.0 Å². The molecule has 1 amide bonds. The number of carbonyl (C=O) groups is 1. The molecule has 1 N–H and O–H groups in total. The first-order valence-corrected chi connectivity index (χ1v) is 9.35. The molecule has 0 fully saturated rings. The maximum absolute atomic E-state index is 12.7. The van der Waals surface area contributed by atoms with Gasteiger partial charge in [0.25, 0.3) is 5.91 Å². The fourth-order valence-corrected chi connectivity index (χ4v) is 3.20. The van der Waals surface area contributed by atoms with Crippen LogP contribution in [0.25, 0.3) is 0 Å². The van der Waals surface area contributed by atoms with E-state index < -0.39 is 12.5 Å². The van der Waals surface area contributed by atoms with Crippen LogP contribution in [0.1, 0.15) is 27.3 Å². The van der Waals surface area contributed by atoms with Crippen LogP contribution in [0.3, 0.4) is 0 Å². The molecule has 3 aromatic rings. The van der Waals surface area contributed by atoms with Gasteiger partial charge in [-0.3, -0.25) is 9.48 Å². The number of aryl methyl sites for hydroxylation is 1. The number of rotatable bonds is 6. The van der Waals surface area contributed by atoms with E-state index in [1.807, 2.05) is 6.07 Å². The van der Waals surface area contributed by atoms with E-state index in [2.05, 4.69) is 15.2 Å². The van der Waals surface area contributed by atoms with Gasteiger partial charge in [0.1, 0.15) is 5.75 Å². The van der Waals surface area contributed by atoms with E-state index in [1.54, 1.807) is 36.7 Å². The summed E-state index contributed by atoms with van der Waals surface area (Å²) in [5.41, 5.74) is 2.68. The summed E-state index contributed by atoms with van der Waals surface area (Å²) >= 11 is 12.0. The second-order valence-corrected chi connectivity index (χ2v) is 7.10. The predicted molar refractivity (Wildman–Crippen MR) is 108 cm³/mol. The van der Waals surface area contributed by atoms with Crippen LogP contribution in [-0.4, -0.2) is 22.3 Å². The van der Waals surface area contributed by atoms with Crippen molar-refractivity contribution in [1.29, 1.82) is 0 Å². The summed E-state index contributed by atoms with van der Waals surface area (Å²) in [6, 6.07) is 11.1. The van der Waals surface area contributed by atoms with Gasteiger partial charge in [0, 0.05) is 0 Å². The Morgan fingerprint density at radius 2 is 1.90 bits per heavy atom. The molecule has 0 aliphatic rings. The molecule has 0 atom stereocenters. The van der Waals surface area contributed by atoms with Crippen molar-refractivity contribution in [3.8, 4) is 5.75 Å². The van der Waals surface area contributed by atoms with Crippen molar-refractivity contribution < 1.29 is 18.3 Å². The Labute approximate surface area is 176 Å². The third kappa shape index (κ3) is 4.86. The minimum absolute atomic E-state index is 0.00355. The minimum Gasteiger partial charge on any atom is -0.434 e. The SMILES string of the molecule is Cc1nn(Cc2ccc(Cl)c(Cl)c2)c(C)c1NC(=O)c1ccccc1OC(F)F. The standard InChI is InChI=1S/C20H17Cl2F2N3O2/c1-11-18(25-19(28)14-5-3-4-6-17(14)29-20(23)24)12(2)27(26-11)10-13-7-8-15(21)16(22)9-13/h3-9,20H,10H2,1-2H3,(H,25,28). The molecule has 2 aromatic carbocycles. The summed E-state index contributed by atoms with van der Waals surface area (Å²) in [7, 11) is 0. The summed E-state index contributed by atoms with van der Waals surface area (Å²) in [5, 5.41) is 8.09. The Kier molecular flexibility index (Phi) is 6.39. The maximum Gasteiger partial charge on any atom is 0.387 e. The number of aromatic nitrogens is 2. The van der Waals surface area contributed by atoms with Gasteiger partial charge in [-0.1, -0.05) is 41.4 Å². The Morgan fingerprint density at radius 3 is 2.59 bits per heavy atom. The predicted octanol–water partition coefficient (Wildman–Crippen LogP) is 5.71. The van der Waals surface area contributed by atoms with Crippen molar-refractivity contribution >= 4 is 34.8 Å². The van der Waals surface area contributed by atoms with Crippen LogP contribution in [0.5, 0.6) is 5.75 Å². The van der Waals surface area contributed by atoms with Crippen molar-refractivity contribution in [1.82, 2.24) is 9.78 Å². The monoisotopic (exact) mass is 439 g/mol. The number of alkyl halides is 2. The normalized spacial score (nSPS) is 11.0. The number of hydrogen-bond donors (Lipinski definition) is 1. The highest BCUT2D eigenvalue weighted by molar-refractivity contribution is 6.42. The third-order valence-electron chi connectivity index (χ3n) is 4.28. The molecule has 0 saturated carbocycles. The zero-order valence-electron chi connectivity index (χ0n) is 15.5. The van der Waals surface area contributed by atoms with Gasteiger partial charge in [0.15, 0.2) is 0 Å². The number of anilines is 1. The highest BCUT2D eigenvalue weighted by Crippen LogP contribution is 2.26. The fourth-order valence-electron chi connectivity index (χ4n) is 2.88. The zero-order valence-corrected chi connectivity index (χ0v) is 17.1. The molecule has 0 saturated heterocycles. The van der Waals surface area contributed by atoms with E-state index in [-0.39, 0.29) is 11.3 Å². The van der Waals surface area contributed by atoms with Gasteiger partial charge in [-0.2, -0.15) is 13.9 Å². The first-order valence-electron chi connectivity index (χ1n) is 8.59. The Balaban J connectivity index is 1.84. The lowest BCUT2D eigenvalue weighted by Gasteiger charge is -2.11. The van der Waals surface area contributed by atoms with Gasteiger partial charge in [-0.05, 0) is 43.7 Å². The van der Waals surface area contributed by atoms with Crippen molar-refractivity contribution in [2.24, 2.45) is 0 Å². The average molecular weight is 440 g/mol. The highest BCUT2D eigenvalue weighted by atomic mass is 35.5. The minimum atomic E-state index is -3.03. The zero-order chi connectivity index (χ0) is 21.1. The van der Waals surface area contributed by atoms with Gasteiger partial charge < -0.3 is 10.1 Å². The quantitative estimate of drug-likeness (QED) is 0.535. The molecule has 9 heteroatoms. The van der Waals surface area contributed by atoms with E-state index >= 15 is 0 Å². The molecule has 1 aromatic heterocycles. The molecular formula is C20H17Cl2F2N3O2. The molecule has 5 nitrogen and oxygen atoms in total. The van der Waals surface area contributed by atoms with E-state index in [0.717, 1.165) is 5.56 Å². The molecule has 152 valence electrons. The number of halogens is 4. The van der Waals surface area contributed by atoms with Crippen molar-refractivity contribution in [2.75, 3.05) is 5.32 Å². The van der Waals surface area contributed by atoms with E-state index in [4.69, 9.17) is 23.2 Å². The molecule has 0 radical (unpaired) electrons. The van der Waals surface area contributed by atoms with Crippen molar-refractivity contribution in [3.05, 3.63) is 75.0 Å². The molecule has 3 rings (SSSR count). The van der Waals surface area contributed by atoms with Crippen LogP contribution in [-0.2, 0) is 6.54 Å². The van der Waals surface area contributed by atoms with Crippen LogP contribution in [0.15, 0.2) is 42.5 Å². The molecule has 0 aliphatic carbocycles. The van der Waals surface area contributed by atoms with Gasteiger partial charge in [-0.25, -0.2) is 0 Å². The van der Waals surface area contributed by atoms with Crippen LogP contribution in [0.4, 0.5) is 14.5 Å². The van der Waals surface area contributed by atoms with Crippen molar-refractivity contribution in [2.45, 2.75) is 27.0 Å². The maximum atomic E-state index is 12.7. The number of amides is 1. The molecule has 0 bridgehead atoms. The number of benzene rings is 2. The van der Waals surface area contributed by atoms with E-state index in [1.165, 1.54) is 18.2 Å². The van der Waals surface area contributed by atoms with Gasteiger partial charge in [-0.15, -0.1) is 0 Å². The molecule has 0 spiro atoms. The molecule has 1 heterocycles. The Hall–Kier alpha value is -2.64. The summed E-state index contributed by atoms with van der Waals surface area (Å²) in [4.78, 5) is 12.7. The number of para-hydroxylation sites is 1. The van der Waals surface area contributed by atoms with E-state index in [9.17, 15) is 13.6 Å². The molecule has 0 aliphatic heterocycles. The second kappa shape index (κ2) is 8.80. The third-order valence-corrected chi connectivity index (χ3v) is 5.02. The Morgan fingerprint density at radius 1 is 1.17 bits per heavy atom. The smallest absolute Gasteiger partial charge is 0.387 e. The Bertz CT molecular complexity index is 1050. The summed E-state index contributed by atoms with van der Waals surface area (Å²) in [6.07, 6.45) is 0. The van der Waals surface area contributed by atoms with Gasteiger partial charge >= 0.3 is 6.61 Å². The molecular weight excluding hydrogens is 423 g/mol. The second-order valence-electron chi connectivity index (χ2n) is 6.28. The van der Waals surface area contributed by atoms with Gasteiger partial charge in [0.2, 0.25) is 0 Å². The lowest BCUT2D eigenvalue weighted by atomic mass is 10.1. The first-order chi connectivity index (χ1) is 13.8. The van der Waals surface area contributed by atoms with Crippen LogP contribution < -0.4 is 10.1 Å². The largest absolute Gasteiger partial charge is 0.434 e. The number of nitrogens with one attached hydrogen (secondary N) is 1. The first kappa shape index (κ1) is 21.1. The highest BCUT2D eigenvalue weighted by Gasteiger charge is 2.19. The lowest BCUT2D eigenvalue weighted by Crippen LogP contribution is -2.16. The van der Waals surface area contributed by atoms with Crippen molar-refractivity contribution in [3.63, 3.8) is 0 Å². The summed E-state index contributed by atoms with van der Waals surface area (Å²) in [6.45, 7) is 0.940. The average Bonchev–Trinajstić information content (AvgIpc) is 2.92. The fraction of sp³-hybridized carbons (Fsp3) is 0.200. The number of ether oxygens (including phenoxy) is 1. The molecule has 0 unspecified atom stereocenters. The number of hydrogen-bond acceptors (Lipinski definition) is 3. The molecule has 29 heavy (non-hydrogen) atoms. The summed E-state index contributed by atoms with van der Waals surface area (Å²) < 4.78 is 31.3. The van der Waals surface area contributed by atoms with Crippen LogP contribution >= 0.6 is 23.2 Å². The number of carbonyl (C=O) groups excluding carboxylic acids is 1. The van der Waals surface area contributed by atoms with Gasteiger partial charge in [0.05, 0.1) is 39.2 Å². The van der Waals surface area contributed by atoms with Crippen LogP contribution in [0, 0.1) is 13.8 Å².